The molecule has 3 heteroatoms. The molecule has 0 heterocycles. The second kappa shape index (κ2) is 6.80. The first-order valence-electron chi connectivity index (χ1n) is 4.64. The van der Waals surface area contributed by atoms with E-state index >= 15 is 0 Å². The van der Waals surface area contributed by atoms with Crippen LogP contribution in [-0.4, -0.2) is 6.54 Å². The Kier molecular flexibility index (Phi) is 6.50. The first-order chi connectivity index (χ1) is 6.20. The highest BCUT2D eigenvalue weighted by atomic mass is 35.5. The van der Waals surface area contributed by atoms with Crippen LogP contribution >= 0.6 is 12.4 Å². The maximum atomic E-state index is 13.1. The van der Waals surface area contributed by atoms with Crippen LogP contribution in [0.25, 0.3) is 0 Å². The van der Waals surface area contributed by atoms with E-state index in [2.05, 4.69) is 19.2 Å². The Morgan fingerprint density at radius 2 is 1.93 bits per heavy atom. The summed E-state index contributed by atoms with van der Waals surface area (Å²) in [6.07, 6.45) is 0. The van der Waals surface area contributed by atoms with E-state index in [1.807, 2.05) is 12.1 Å². The van der Waals surface area contributed by atoms with Crippen molar-refractivity contribution in [2.45, 2.75) is 20.4 Å². The van der Waals surface area contributed by atoms with Crippen molar-refractivity contribution in [3.63, 3.8) is 0 Å². The van der Waals surface area contributed by atoms with Crippen molar-refractivity contribution in [3.05, 3.63) is 35.6 Å². The topological polar surface area (TPSA) is 12.0 Å². The van der Waals surface area contributed by atoms with Crippen LogP contribution < -0.4 is 5.32 Å². The molecule has 80 valence electrons. The van der Waals surface area contributed by atoms with Crippen molar-refractivity contribution in [1.82, 2.24) is 5.32 Å². The Balaban J connectivity index is 0.00000169. The fourth-order valence-electron chi connectivity index (χ4n) is 1.14. The Bertz CT molecular complexity index is 263. The Labute approximate surface area is 91.1 Å². The van der Waals surface area contributed by atoms with Gasteiger partial charge in [0.05, 0.1) is 0 Å². The predicted octanol–water partition coefficient (Wildman–Crippen LogP) is 2.99. The van der Waals surface area contributed by atoms with Gasteiger partial charge in [0.15, 0.2) is 0 Å². The molecule has 14 heavy (non-hydrogen) atoms. The van der Waals surface area contributed by atoms with Crippen LogP contribution in [0.1, 0.15) is 19.4 Å². The van der Waals surface area contributed by atoms with Gasteiger partial charge >= 0.3 is 0 Å². The van der Waals surface area contributed by atoms with E-state index in [1.54, 1.807) is 6.07 Å². The molecule has 0 spiro atoms. The van der Waals surface area contributed by atoms with Crippen LogP contribution in [0, 0.1) is 11.7 Å². The molecule has 0 unspecified atom stereocenters. The van der Waals surface area contributed by atoms with E-state index in [4.69, 9.17) is 0 Å². The van der Waals surface area contributed by atoms with E-state index in [1.165, 1.54) is 6.07 Å². The molecule has 0 aliphatic heterocycles. The van der Waals surface area contributed by atoms with Crippen LogP contribution in [-0.2, 0) is 6.54 Å². The molecule has 0 bridgehead atoms. The lowest BCUT2D eigenvalue weighted by Crippen LogP contribution is -2.19. The monoisotopic (exact) mass is 217 g/mol. The lowest BCUT2D eigenvalue weighted by Gasteiger charge is -2.07. The zero-order chi connectivity index (χ0) is 9.68. The summed E-state index contributed by atoms with van der Waals surface area (Å²) in [7, 11) is 0. The molecule has 0 radical (unpaired) electrons. The summed E-state index contributed by atoms with van der Waals surface area (Å²) in [4.78, 5) is 0. The molecule has 0 amide bonds. The molecule has 1 aromatic carbocycles. The van der Waals surface area contributed by atoms with E-state index in [0.717, 1.165) is 12.1 Å². The molecule has 1 rings (SSSR count). The van der Waals surface area contributed by atoms with E-state index in [9.17, 15) is 4.39 Å². The minimum Gasteiger partial charge on any atom is -0.312 e. The molecule has 0 aliphatic carbocycles. The van der Waals surface area contributed by atoms with Crippen LogP contribution in [0.3, 0.4) is 0 Å². The van der Waals surface area contributed by atoms with Crippen molar-refractivity contribution in [2.75, 3.05) is 6.54 Å². The first-order valence-corrected chi connectivity index (χ1v) is 4.64. The smallest absolute Gasteiger partial charge is 0.127 e. The maximum Gasteiger partial charge on any atom is 0.127 e. The second-order valence-corrected chi connectivity index (χ2v) is 3.62. The predicted molar refractivity (Wildman–Crippen MR) is 60.2 cm³/mol. The molecule has 1 aromatic rings. The summed E-state index contributed by atoms with van der Waals surface area (Å²) in [6, 6.07) is 6.87. The molecule has 0 saturated carbocycles. The molecule has 0 fully saturated rings. The highest BCUT2D eigenvalue weighted by Crippen LogP contribution is 2.05. The summed E-state index contributed by atoms with van der Waals surface area (Å²) >= 11 is 0. The van der Waals surface area contributed by atoms with E-state index in [0.29, 0.717) is 12.5 Å². The zero-order valence-corrected chi connectivity index (χ0v) is 9.40. The third-order valence-corrected chi connectivity index (χ3v) is 1.83. The van der Waals surface area contributed by atoms with Gasteiger partial charge in [-0.2, -0.15) is 0 Å². The van der Waals surface area contributed by atoms with Crippen molar-refractivity contribution in [3.8, 4) is 0 Å². The van der Waals surface area contributed by atoms with Gasteiger partial charge in [0, 0.05) is 12.1 Å². The highest BCUT2D eigenvalue weighted by molar-refractivity contribution is 5.85. The Morgan fingerprint density at radius 3 is 2.50 bits per heavy atom. The molecular formula is C11H17ClFN. The van der Waals surface area contributed by atoms with Crippen LogP contribution in [0.2, 0.25) is 0 Å². The highest BCUT2D eigenvalue weighted by Gasteiger charge is 1.99. The normalized spacial score (nSPS) is 10.0. The van der Waals surface area contributed by atoms with Gasteiger partial charge in [-0.05, 0) is 18.5 Å². The van der Waals surface area contributed by atoms with E-state index < -0.39 is 0 Å². The molecule has 1 N–H and O–H groups in total. The van der Waals surface area contributed by atoms with Gasteiger partial charge in [-0.15, -0.1) is 12.4 Å². The van der Waals surface area contributed by atoms with Gasteiger partial charge in [0.25, 0.3) is 0 Å². The third kappa shape index (κ3) is 4.58. The van der Waals surface area contributed by atoms with Crippen molar-refractivity contribution in [2.24, 2.45) is 5.92 Å². The van der Waals surface area contributed by atoms with Gasteiger partial charge in [-0.25, -0.2) is 4.39 Å². The first kappa shape index (κ1) is 13.4. The summed E-state index contributed by atoms with van der Waals surface area (Å²) in [5.41, 5.74) is 0.739. The average molecular weight is 218 g/mol. The van der Waals surface area contributed by atoms with Gasteiger partial charge in [0.2, 0.25) is 0 Å². The summed E-state index contributed by atoms with van der Waals surface area (Å²) < 4.78 is 13.1. The minimum atomic E-state index is -0.126. The lowest BCUT2D eigenvalue weighted by molar-refractivity contribution is 0.535. The van der Waals surface area contributed by atoms with E-state index in [-0.39, 0.29) is 18.2 Å². The third-order valence-electron chi connectivity index (χ3n) is 1.83. The second-order valence-electron chi connectivity index (χ2n) is 3.62. The Morgan fingerprint density at radius 1 is 1.29 bits per heavy atom. The fraction of sp³-hybridized carbons (Fsp3) is 0.455. The van der Waals surface area contributed by atoms with Crippen LogP contribution in [0.15, 0.2) is 24.3 Å². The molecule has 0 aromatic heterocycles. The zero-order valence-electron chi connectivity index (χ0n) is 8.59. The number of rotatable bonds is 4. The van der Waals surface area contributed by atoms with Gasteiger partial charge in [0.1, 0.15) is 5.82 Å². The molecule has 0 saturated heterocycles. The number of benzene rings is 1. The number of halogens is 2. The average Bonchev–Trinajstić information content (AvgIpc) is 2.08. The summed E-state index contributed by atoms with van der Waals surface area (Å²) in [5.74, 6) is 0.477. The molecular weight excluding hydrogens is 201 g/mol. The molecule has 0 atom stereocenters. The number of hydrogen-bond donors (Lipinski definition) is 1. The summed E-state index contributed by atoms with van der Waals surface area (Å²) in [6.45, 7) is 5.81. The summed E-state index contributed by atoms with van der Waals surface area (Å²) in [5, 5.41) is 3.20. The molecule has 1 nitrogen and oxygen atoms in total. The largest absolute Gasteiger partial charge is 0.312 e. The quantitative estimate of drug-likeness (QED) is 0.818. The SMILES string of the molecule is CC(C)CNCc1ccccc1F.Cl. The standard InChI is InChI=1S/C11H16FN.ClH/c1-9(2)7-13-8-10-5-3-4-6-11(10)12;/h3-6,9,13H,7-8H2,1-2H3;1H. The minimum absolute atomic E-state index is 0. The molecule has 0 aliphatic rings. The maximum absolute atomic E-state index is 13.1. The Hall–Kier alpha value is -0.600. The van der Waals surface area contributed by atoms with Crippen molar-refractivity contribution < 1.29 is 4.39 Å². The van der Waals surface area contributed by atoms with Crippen molar-refractivity contribution >= 4 is 12.4 Å². The lowest BCUT2D eigenvalue weighted by atomic mass is 10.2. The number of hydrogen-bond acceptors (Lipinski definition) is 1. The number of nitrogens with one attached hydrogen (secondary N) is 1. The van der Waals surface area contributed by atoms with Gasteiger partial charge < -0.3 is 5.32 Å². The van der Waals surface area contributed by atoms with Crippen molar-refractivity contribution in [1.29, 1.82) is 0 Å². The fourth-order valence-corrected chi connectivity index (χ4v) is 1.14. The van der Waals surface area contributed by atoms with Gasteiger partial charge in [-0.3, -0.25) is 0 Å². The van der Waals surface area contributed by atoms with Crippen LogP contribution in [0.4, 0.5) is 4.39 Å². The van der Waals surface area contributed by atoms with Crippen LogP contribution in [0.5, 0.6) is 0 Å². The van der Waals surface area contributed by atoms with Gasteiger partial charge in [-0.1, -0.05) is 32.0 Å².